The molecule has 2 heterocycles. The molecule has 1 saturated carbocycles. The molecule has 2 aromatic heterocycles. The summed E-state index contributed by atoms with van der Waals surface area (Å²) in [5.41, 5.74) is 4.50. The van der Waals surface area contributed by atoms with Crippen molar-refractivity contribution in [2.45, 2.75) is 52.0 Å². The van der Waals surface area contributed by atoms with Gasteiger partial charge >= 0.3 is 0 Å². The molecule has 1 amide bonds. The van der Waals surface area contributed by atoms with Gasteiger partial charge in [-0.25, -0.2) is 0 Å². The number of aryl methyl sites for hydroxylation is 1. The number of rotatable bonds is 3. The fourth-order valence-corrected chi connectivity index (χ4v) is 3.26. The van der Waals surface area contributed by atoms with Gasteiger partial charge < -0.3 is 10.3 Å². The molecule has 1 fully saturated rings. The average Bonchev–Trinajstić information content (AvgIpc) is 3.14. The quantitative estimate of drug-likeness (QED) is 0.736. The normalized spacial score (nSPS) is 14.9. The number of H-pyrrole nitrogens is 1. The molecule has 1 aromatic carbocycles. The molecule has 0 saturated heterocycles. The zero-order chi connectivity index (χ0) is 17.8. The summed E-state index contributed by atoms with van der Waals surface area (Å²) in [6.45, 7) is 8.39. The van der Waals surface area contributed by atoms with Crippen molar-refractivity contribution in [3.05, 3.63) is 47.4 Å². The number of aromatic amines is 1. The largest absolute Gasteiger partial charge is 0.359 e. The van der Waals surface area contributed by atoms with E-state index in [1.807, 2.05) is 35.9 Å². The van der Waals surface area contributed by atoms with Crippen molar-refractivity contribution in [2.24, 2.45) is 0 Å². The Morgan fingerprint density at radius 2 is 2.00 bits per heavy atom. The van der Waals surface area contributed by atoms with E-state index in [1.165, 1.54) is 18.5 Å². The summed E-state index contributed by atoms with van der Waals surface area (Å²) in [4.78, 5) is 16.0. The van der Waals surface area contributed by atoms with E-state index in [9.17, 15) is 4.79 Å². The van der Waals surface area contributed by atoms with Gasteiger partial charge in [-0.2, -0.15) is 5.10 Å². The van der Waals surface area contributed by atoms with Crippen LogP contribution in [-0.4, -0.2) is 20.7 Å². The topological polar surface area (TPSA) is 62.7 Å². The van der Waals surface area contributed by atoms with Crippen LogP contribution < -0.4 is 5.32 Å². The molecule has 0 aliphatic heterocycles. The first-order valence-electron chi connectivity index (χ1n) is 8.82. The third-order valence-corrected chi connectivity index (χ3v) is 4.61. The Kier molecular flexibility index (Phi) is 3.49. The van der Waals surface area contributed by atoms with Crippen LogP contribution in [0.2, 0.25) is 0 Å². The lowest BCUT2D eigenvalue weighted by Crippen LogP contribution is -2.25. The number of anilines is 1. The number of carbonyl (C=O) groups is 1. The fraction of sp³-hybridized carbons (Fsp3) is 0.400. The molecular weight excluding hydrogens is 312 g/mol. The van der Waals surface area contributed by atoms with Crippen molar-refractivity contribution in [3.8, 4) is 0 Å². The molecule has 0 radical (unpaired) electrons. The number of amides is 1. The van der Waals surface area contributed by atoms with Gasteiger partial charge in [-0.15, -0.1) is 0 Å². The highest BCUT2D eigenvalue weighted by Crippen LogP contribution is 2.41. The van der Waals surface area contributed by atoms with Gasteiger partial charge in [-0.1, -0.05) is 0 Å². The molecule has 1 aliphatic carbocycles. The molecule has 0 bridgehead atoms. The maximum absolute atomic E-state index is 12.7. The number of hydrogen-bond donors (Lipinski definition) is 2. The fourth-order valence-electron chi connectivity index (χ4n) is 3.26. The number of hydrogen-bond acceptors (Lipinski definition) is 2. The lowest BCUT2D eigenvalue weighted by atomic mass is 10.1. The molecule has 0 atom stereocenters. The van der Waals surface area contributed by atoms with Crippen molar-refractivity contribution >= 4 is 22.5 Å². The second kappa shape index (κ2) is 5.48. The first-order valence-corrected chi connectivity index (χ1v) is 8.82. The number of nitrogens with zero attached hydrogens (tertiary/aromatic N) is 2. The molecule has 0 spiro atoms. The number of fused-ring (bicyclic) bond motifs is 1. The van der Waals surface area contributed by atoms with Gasteiger partial charge in [0.2, 0.25) is 0 Å². The second-order valence-electron chi connectivity index (χ2n) is 8.02. The molecule has 130 valence electrons. The van der Waals surface area contributed by atoms with Crippen LogP contribution in [0.3, 0.4) is 0 Å². The van der Waals surface area contributed by atoms with Gasteiger partial charge in [0, 0.05) is 33.9 Å². The summed E-state index contributed by atoms with van der Waals surface area (Å²) in [7, 11) is 0. The third-order valence-electron chi connectivity index (χ3n) is 4.61. The summed E-state index contributed by atoms with van der Waals surface area (Å²) in [6.07, 6.45) is 2.37. The van der Waals surface area contributed by atoms with Crippen molar-refractivity contribution in [3.63, 3.8) is 0 Å². The second-order valence-corrected chi connectivity index (χ2v) is 8.02. The predicted octanol–water partition coefficient (Wildman–Crippen LogP) is 4.56. The Bertz CT molecular complexity index is 954. The van der Waals surface area contributed by atoms with Gasteiger partial charge in [0.1, 0.15) is 0 Å². The zero-order valence-electron chi connectivity index (χ0n) is 15.2. The van der Waals surface area contributed by atoms with Crippen molar-refractivity contribution in [1.82, 2.24) is 14.8 Å². The Balaban J connectivity index is 1.61. The van der Waals surface area contributed by atoms with Crippen molar-refractivity contribution in [1.29, 1.82) is 0 Å². The van der Waals surface area contributed by atoms with Gasteiger partial charge in [0.15, 0.2) is 5.69 Å². The Labute approximate surface area is 147 Å². The van der Waals surface area contributed by atoms with E-state index in [0.29, 0.717) is 11.6 Å². The zero-order valence-corrected chi connectivity index (χ0v) is 15.2. The Morgan fingerprint density at radius 3 is 2.68 bits per heavy atom. The van der Waals surface area contributed by atoms with Gasteiger partial charge in [0.25, 0.3) is 5.91 Å². The first-order chi connectivity index (χ1) is 11.8. The van der Waals surface area contributed by atoms with Crippen LogP contribution in [0.25, 0.3) is 10.9 Å². The molecule has 2 N–H and O–H groups in total. The molecular formula is C20H24N4O. The van der Waals surface area contributed by atoms with Gasteiger partial charge in [-0.05, 0) is 70.9 Å². The smallest absolute Gasteiger partial charge is 0.276 e. The van der Waals surface area contributed by atoms with E-state index in [1.54, 1.807) is 0 Å². The van der Waals surface area contributed by atoms with E-state index in [0.717, 1.165) is 22.3 Å². The van der Waals surface area contributed by atoms with Crippen LogP contribution in [0.5, 0.6) is 0 Å². The van der Waals surface area contributed by atoms with Crippen molar-refractivity contribution in [2.75, 3.05) is 5.32 Å². The Hall–Kier alpha value is -2.56. The standard InChI is InChI=1S/C20H24N4O/c1-12-9-14-10-15(7-8-16(14)21-12)22-19(25)17-11-18(13-5-6-13)24(23-17)20(2,3)4/h7-11,13,21H,5-6H2,1-4H3,(H,22,25). The lowest BCUT2D eigenvalue weighted by Gasteiger charge is -2.22. The highest BCUT2D eigenvalue weighted by atomic mass is 16.2. The molecule has 5 heteroatoms. The van der Waals surface area contributed by atoms with Crippen LogP contribution in [0, 0.1) is 6.92 Å². The van der Waals surface area contributed by atoms with Crippen molar-refractivity contribution < 1.29 is 4.79 Å². The predicted molar refractivity (Wildman–Crippen MR) is 100 cm³/mol. The molecule has 1 aliphatic rings. The van der Waals surface area contributed by atoms with E-state index < -0.39 is 0 Å². The average molecular weight is 336 g/mol. The van der Waals surface area contributed by atoms with E-state index >= 15 is 0 Å². The minimum atomic E-state index is -0.156. The van der Waals surface area contributed by atoms with Crippen LogP contribution >= 0.6 is 0 Å². The monoisotopic (exact) mass is 336 g/mol. The first kappa shape index (κ1) is 15.9. The van der Waals surface area contributed by atoms with E-state index in [4.69, 9.17) is 0 Å². The summed E-state index contributed by atoms with van der Waals surface area (Å²) in [6, 6.07) is 9.92. The third kappa shape index (κ3) is 3.06. The maximum Gasteiger partial charge on any atom is 0.276 e. The van der Waals surface area contributed by atoms with E-state index in [2.05, 4.69) is 42.2 Å². The summed E-state index contributed by atoms with van der Waals surface area (Å²) in [5, 5.41) is 8.68. The highest BCUT2D eigenvalue weighted by Gasteiger charge is 2.32. The Morgan fingerprint density at radius 1 is 1.24 bits per heavy atom. The number of nitrogens with one attached hydrogen (secondary N) is 2. The molecule has 3 aromatic rings. The summed E-state index contributed by atoms with van der Waals surface area (Å²) < 4.78 is 2.01. The molecule has 0 unspecified atom stereocenters. The minimum absolute atomic E-state index is 0.127. The minimum Gasteiger partial charge on any atom is -0.359 e. The number of benzene rings is 1. The summed E-state index contributed by atoms with van der Waals surface area (Å²) in [5.74, 6) is 0.393. The van der Waals surface area contributed by atoms with Gasteiger partial charge in [-0.3, -0.25) is 9.48 Å². The highest BCUT2D eigenvalue weighted by molar-refractivity contribution is 6.04. The van der Waals surface area contributed by atoms with Crippen LogP contribution in [-0.2, 0) is 5.54 Å². The van der Waals surface area contributed by atoms with E-state index in [-0.39, 0.29) is 11.4 Å². The van der Waals surface area contributed by atoms with Gasteiger partial charge in [0.05, 0.1) is 5.54 Å². The SMILES string of the molecule is Cc1cc2cc(NC(=O)c3cc(C4CC4)n(C(C)(C)C)n3)ccc2[nH]1. The summed E-state index contributed by atoms with van der Waals surface area (Å²) >= 11 is 0. The van der Waals surface area contributed by atoms with Crippen LogP contribution in [0.15, 0.2) is 30.3 Å². The van der Waals surface area contributed by atoms with Crippen LogP contribution in [0.1, 0.15) is 61.4 Å². The maximum atomic E-state index is 12.7. The molecule has 25 heavy (non-hydrogen) atoms. The molecule has 4 rings (SSSR count). The van der Waals surface area contributed by atoms with Crippen LogP contribution in [0.4, 0.5) is 5.69 Å². The lowest BCUT2D eigenvalue weighted by molar-refractivity contribution is 0.102. The molecule has 5 nitrogen and oxygen atoms in total. The number of carbonyl (C=O) groups excluding carboxylic acids is 1. The number of aromatic nitrogens is 3.